The highest BCUT2D eigenvalue weighted by Gasteiger charge is 2.56. The van der Waals surface area contributed by atoms with Crippen molar-refractivity contribution in [2.75, 3.05) is 13.1 Å². The second kappa shape index (κ2) is 3.93. The molecule has 2 aliphatic rings. The monoisotopic (exact) mass is 210 g/mol. The molecule has 15 heavy (non-hydrogen) atoms. The lowest BCUT2D eigenvalue weighted by atomic mass is 9.95. The van der Waals surface area contributed by atoms with E-state index in [-0.39, 0.29) is 29.6 Å². The van der Waals surface area contributed by atoms with Crippen molar-refractivity contribution in [2.45, 2.75) is 32.2 Å². The summed E-state index contributed by atoms with van der Waals surface area (Å²) >= 11 is 0. The minimum atomic E-state index is -0.322. The molecule has 0 spiro atoms. The molecule has 4 heteroatoms. The standard InChI is InChI=1S/C11H18N2O2/c1-2-7-8-6-9(14)10(7)11(15)13(8)5-3-4-12/h7-8,10H,2-6,12H2,1H3/t7-,8+,10+/m1/s1. The van der Waals surface area contributed by atoms with Gasteiger partial charge in [0.25, 0.3) is 0 Å². The molecule has 1 aliphatic carbocycles. The van der Waals surface area contributed by atoms with Crippen molar-refractivity contribution in [1.29, 1.82) is 0 Å². The Morgan fingerprint density at radius 1 is 1.47 bits per heavy atom. The molecular formula is C11H18N2O2. The van der Waals surface area contributed by atoms with E-state index in [0.29, 0.717) is 13.0 Å². The van der Waals surface area contributed by atoms with Gasteiger partial charge in [-0.25, -0.2) is 0 Å². The Morgan fingerprint density at radius 3 is 2.73 bits per heavy atom. The van der Waals surface area contributed by atoms with Gasteiger partial charge in [-0.2, -0.15) is 0 Å². The summed E-state index contributed by atoms with van der Waals surface area (Å²) in [6, 6.07) is 0.173. The highest BCUT2D eigenvalue weighted by atomic mass is 16.2. The third-order valence-electron chi connectivity index (χ3n) is 3.70. The fourth-order valence-corrected chi connectivity index (χ4v) is 3.00. The Hall–Kier alpha value is -0.900. The van der Waals surface area contributed by atoms with Crippen LogP contribution in [-0.2, 0) is 9.59 Å². The number of likely N-dealkylation sites (tertiary alicyclic amines) is 1. The SMILES string of the molecule is CC[C@H]1[C@H]2C(=O)C[C@@H]1N(CCCN)C2=O. The van der Waals surface area contributed by atoms with Crippen LogP contribution in [0, 0.1) is 11.8 Å². The number of nitrogens with zero attached hydrogens (tertiary/aromatic N) is 1. The molecule has 0 aromatic rings. The van der Waals surface area contributed by atoms with E-state index in [0.717, 1.165) is 19.4 Å². The first-order valence-electron chi connectivity index (χ1n) is 5.74. The summed E-state index contributed by atoms with van der Waals surface area (Å²) in [7, 11) is 0. The quantitative estimate of drug-likeness (QED) is 0.672. The number of carbonyl (C=O) groups excluding carboxylic acids is 2. The van der Waals surface area contributed by atoms with Gasteiger partial charge in [0.15, 0.2) is 0 Å². The predicted octanol–water partition coefficient (Wildman–Crippen LogP) is 0.161. The van der Waals surface area contributed by atoms with Crippen LogP contribution in [0.2, 0.25) is 0 Å². The topological polar surface area (TPSA) is 63.4 Å². The first-order chi connectivity index (χ1) is 7.20. The molecule has 0 aromatic carbocycles. The van der Waals surface area contributed by atoms with Crippen LogP contribution in [-0.4, -0.2) is 35.7 Å². The summed E-state index contributed by atoms with van der Waals surface area (Å²) in [5.41, 5.74) is 5.44. The maximum Gasteiger partial charge on any atom is 0.233 e. The lowest BCUT2D eigenvalue weighted by Crippen LogP contribution is -2.41. The molecule has 1 saturated carbocycles. The predicted molar refractivity (Wildman–Crippen MR) is 56.1 cm³/mol. The van der Waals surface area contributed by atoms with E-state index >= 15 is 0 Å². The Kier molecular flexibility index (Phi) is 2.78. The third kappa shape index (κ3) is 1.47. The van der Waals surface area contributed by atoms with Crippen LogP contribution < -0.4 is 5.73 Å². The zero-order valence-corrected chi connectivity index (χ0v) is 9.11. The van der Waals surface area contributed by atoms with Crippen LogP contribution in [0.3, 0.4) is 0 Å². The van der Waals surface area contributed by atoms with Crippen LogP contribution in [0.5, 0.6) is 0 Å². The number of nitrogens with two attached hydrogens (primary N) is 1. The molecule has 2 fully saturated rings. The van der Waals surface area contributed by atoms with Crippen LogP contribution >= 0.6 is 0 Å². The van der Waals surface area contributed by atoms with Gasteiger partial charge < -0.3 is 10.6 Å². The number of ketones is 1. The lowest BCUT2D eigenvalue weighted by Gasteiger charge is -2.26. The van der Waals surface area contributed by atoms with Gasteiger partial charge in [-0.05, 0) is 18.9 Å². The average Bonchev–Trinajstić information content (AvgIpc) is 2.66. The van der Waals surface area contributed by atoms with Crippen molar-refractivity contribution >= 4 is 11.7 Å². The van der Waals surface area contributed by atoms with Crippen molar-refractivity contribution in [3.63, 3.8) is 0 Å². The van der Waals surface area contributed by atoms with Crippen molar-refractivity contribution < 1.29 is 9.59 Å². The Labute approximate surface area is 89.8 Å². The summed E-state index contributed by atoms with van der Waals surface area (Å²) in [6.45, 7) is 3.38. The zero-order chi connectivity index (χ0) is 11.0. The molecule has 0 unspecified atom stereocenters. The number of hydrogen-bond acceptors (Lipinski definition) is 3. The highest BCUT2D eigenvalue weighted by Crippen LogP contribution is 2.42. The number of fused-ring (bicyclic) bond motifs is 2. The molecule has 2 rings (SSSR count). The van der Waals surface area contributed by atoms with Gasteiger partial charge in [0.05, 0.1) is 0 Å². The molecule has 0 radical (unpaired) electrons. The van der Waals surface area contributed by atoms with Crippen molar-refractivity contribution in [3.8, 4) is 0 Å². The van der Waals surface area contributed by atoms with Crippen molar-refractivity contribution in [3.05, 3.63) is 0 Å². The minimum absolute atomic E-state index is 0.0524. The zero-order valence-electron chi connectivity index (χ0n) is 9.11. The van der Waals surface area contributed by atoms with E-state index in [1.165, 1.54) is 0 Å². The molecule has 4 nitrogen and oxygen atoms in total. The number of piperidine rings is 1. The van der Waals surface area contributed by atoms with Gasteiger partial charge in [0.2, 0.25) is 5.91 Å². The first-order valence-corrected chi connectivity index (χ1v) is 5.74. The van der Waals surface area contributed by atoms with Crippen molar-refractivity contribution in [1.82, 2.24) is 4.90 Å². The normalized spacial score (nSPS) is 34.3. The fraction of sp³-hybridized carbons (Fsp3) is 0.818. The molecule has 0 aromatic heterocycles. The summed E-state index contributed by atoms with van der Waals surface area (Å²) < 4.78 is 0. The van der Waals surface area contributed by atoms with E-state index in [4.69, 9.17) is 5.73 Å². The maximum absolute atomic E-state index is 11.9. The molecule has 3 atom stereocenters. The lowest BCUT2D eigenvalue weighted by molar-refractivity contribution is -0.140. The van der Waals surface area contributed by atoms with E-state index in [1.807, 2.05) is 4.90 Å². The second-order valence-corrected chi connectivity index (χ2v) is 4.46. The van der Waals surface area contributed by atoms with Crippen LogP contribution in [0.25, 0.3) is 0 Å². The smallest absolute Gasteiger partial charge is 0.233 e. The van der Waals surface area contributed by atoms with Crippen LogP contribution in [0.1, 0.15) is 26.2 Å². The van der Waals surface area contributed by atoms with Crippen LogP contribution in [0.15, 0.2) is 0 Å². The minimum Gasteiger partial charge on any atom is -0.338 e. The molecule has 1 aliphatic heterocycles. The summed E-state index contributed by atoms with van der Waals surface area (Å²) in [4.78, 5) is 25.4. The van der Waals surface area contributed by atoms with E-state index in [9.17, 15) is 9.59 Å². The highest BCUT2D eigenvalue weighted by molar-refractivity contribution is 6.07. The largest absolute Gasteiger partial charge is 0.338 e. The van der Waals surface area contributed by atoms with Gasteiger partial charge in [0, 0.05) is 19.0 Å². The summed E-state index contributed by atoms with van der Waals surface area (Å²) in [5, 5.41) is 0. The van der Waals surface area contributed by atoms with E-state index < -0.39 is 0 Å². The van der Waals surface area contributed by atoms with E-state index in [2.05, 4.69) is 6.92 Å². The Balaban J connectivity index is 2.12. The van der Waals surface area contributed by atoms with Gasteiger partial charge in [-0.1, -0.05) is 13.3 Å². The van der Waals surface area contributed by atoms with E-state index in [1.54, 1.807) is 0 Å². The molecule has 2 bridgehead atoms. The Bertz CT molecular complexity index is 290. The third-order valence-corrected chi connectivity index (χ3v) is 3.70. The number of Topliss-reactive ketones (excluding diaryl/α,β-unsaturated/α-hetero) is 1. The van der Waals surface area contributed by atoms with Crippen LogP contribution in [0.4, 0.5) is 0 Å². The van der Waals surface area contributed by atoms with Gasteiger partial charge in [-0.15, -0.1) is 0 Å². The molecule has 1 saturated heterocycles. The molecule has 84 valence electrons. The number of amides is 1. The first kappa shape index (κ1) is 10.6. The molecular weight excluding hydrogens is 192 g/mol. The summed E-state index contributed by atoms with van der Waals surface area (Å²) in [6.07, 6.45) is 2.32. The Morgan fingerprint density at radius 2 is 2.20 bits per heavy atom. The summed E-state index contributed by atoms with van der Waals surface area (Å²) in [5.74, 6) is 0.151. The average molecular weight is 210 g/mol. The maximum atomic E-state index is 11.9. The van der Waals surface area contributed by atoms with Gasteiger partial charge in [-0.3, -0.25) is 9.59 Å². The van der Waals surface area contributed by atoms with Gasteiger partial charge in [0.1, 0.15) is 11.7 Å². The molecule has 1 heterocycles. The fourth-order valence-electron chi connectivity index (χ4n) is 3.00. The number of carbonyl (C=O) groups is 2. The second-order valence-electron chi connectivity index (χ2n) is 4.46. The molecule has 2 N–H and O–H groups in total. The number of hydrogen-bond donors (Lipinski definition) is 1. The molecule has 1 amide bonds. The van der Waals surface area contributed by atoms with Gasteiger partial charge >= 0.3 is 0 Å². The number of rotatable bonds is 4. The van der Waals surface area contributed by atoms with Crippen molar-refractivity contribution in [2.24, 2.45) is 17.6 Å².